The van der Waals surface area contributed by atoms with Gasteiger partial charge in [-0.3, -0.25) is 4.79 Å². The first-order valence-corrected chi connectivity index (χ1v) is 10.1. The molecule has 0 saturated heterocycles. The third-order valence-electron chi connectivity index (χ3n) is 6.93. The first-order valence-electron chi connectivity index (χ1n) is 10.1. The SMILES string of the molecule is CCOC(=O)c1c(C)[nH]c(C(=O)NCC23CC4CC(CC(C4)C2)C3)c1C. The monoisotopic (exact) mass is 358 g/mol. The number of hydrogen-bond acceptors (Lipinski definition) is 3. The van der Waals surface area contributed by atoms with Gasteiger partial charge in [0, 0.05) is 12.2 Å². The molecule has 5 heteroatoms. The van der Waals surface area contributed by atoms with Crippen LogP contribution in [-0.4, -0.2) is 30.0 Å². The minimum atomic E-state index is -0.362. The van der Waals surface area contributed by atoms with Gasteiger partial charge in [-0.1, -0.05) is 0 Å². The number of hydrogen-bond donors (Lipinski definition) is 2. The smallest absolute Gasteiger partial charge is 0.340 e. The summed E-state index contributed by atoms with van der Waals surface area (Å²) in [4.78, 5) is 28.0. The second-order valence-corrected chi connectivity index (χ2v) is 8.95. The normalized spacial score (nSPS) is 31.9. The van der Waals surface area contributed by atoms with Crippen LogP contribution in [0.3, 0.4) is 0 Å². The molecule has 26 heavy (non-hydrogen) atoms. The topological polar surface area (TPSA) is 71.2 Å². The average Bonchev–Trinajstić information content (AvgIpc) is 2.86. The van der Waals surface area contributed by atoms with Crippen LogP contribution >= 0.6 is 0 Å². The van der Waals surface area contributed by atoms with Crippen LogP contribution in [0.4, 0.5) is 0 Å². The van der Waals surface area contributed by atoms with Gasteiger partial charge in [0.05, 0.1) is 12.2 Å². The number of aromatic amines is 1. The fraction of sp³-hybridized carbons (Fsp3) is 0.714. The van der Waals surface area contributed by atoms with Gasteiger partial charge < -0.3 is 15.0 Å². The molecule has 142 valence electrons. The third kappa shape index (κ3) is 2.95. The average molecular weight is 358 g/mol. The zero-order valence-electron chi connectivity index (χ0n) is 16.1. The summed E-state index contributed by atoms with van der Waals surface area (Å²) in [6.07, 6.45) is 8.04. The molecule has 4 bridgehead atoms. The molecule has 1 heterocycles. The summed E-state index contributed by atoms with van der Waals surface area (Å²) in [5.41, 5.74) is 2.68. The quantitative estimate of drug-likeness (QED) is 0.788. The first-order chi connectivity index (χ1) is 12.4. The molecular weight excluding hydrogens is 328 g/mol. The number of nitrogens with one attached hydrogen (secondary N) is 2. The van der Waals surface area contributed by atoms with E-state index in [0.717, 1.165) is 24.3 Å². The summed E-state index contributed by atoms with van der Waals surface area (Å²) < 4.78 is 5.12. The van der Waals surface area contributed by atoms with E-state index < -0.39 is 0 Å². The fourth-order valence-electron chi connectivity index (χ4n) is 6.35. The van der Waals surface area contributed by atoms with Crippen LogP contribution in [0, 0.1) is 37.0 Å². The number of amides is 1. The molecule has 1 aromatic rings. The molecule has 2 N–H and O–H groups in total. The van der Waals surface area contributed by atoms with Crippen molar-refractivity contribution in [2.24, 2.45) is 23.2 Å². The Morgan fingerprint density at radius 3 is 2.23 bits per heavy atom. The molecule has 1 aromatic heterocycles. The summed E-state index contributed by atoms with van der Waals surface area (Å²) in [6, 6.07) is 0. The van der Waals surface area contributed by atoms with E-state index in [0.29, 0.717) is 34.5 Å². The molecule has 0 aromatic carbocycles. The van der Waals surface area contributed by atoms with Crippen LogP contribution in [0.25, 0.3) is 0 Å². The van der Waals surface area contributed by atoms with E-state index in [1.54, 1.807) is 6.92 Å². The molecule has 0 radical (unpaired) electrons. The number of ether oxygens (including phenoxy) is 1. The van der Waals surface area contributed by atoms with E-state index in [9.17, 15) is 9.59 Å². The van der Waals surface area contributed by atoms with Crippen LogP contribution in [0.1, 0.15) is 77.6 Å². The lowest BCUT2D eigenvalue weighted by molar-refractivity contribution is -0.0503. The number of esters is 1. The fourth-order valence-corrected chi connectivity index (χ4v) is 6.35. The van der Waals surface area contributed by atoms with Crippen LogP contribution in [0.2, 0.25) is 0 Å². The summed E-state index contributed by atoms with van der Waals surface area (Å²) in [7, 11) is 0. The molecule has 0 spiro atoms. The van der Waals surface area contributed by atoms with Crippen molar-refractivity contribution in [1.82, 2.24) is 10.3 Å². The highest BCUT2D eigenvalue weighted by atomic mass is 16.5. The summed E-state index contributed by atoms with van der Waals surface area (Å²) in [5, 5.41) is 3.19. The van der Waals surface area contributed by atoms with E-state index in [1.807, 2.05) is 13.8 Å². The van der Waals surface area contributed by atoms with E-state index in [1.165, 1.54) is 38.5 Å². The van der Waals surface area contributed by atoms with Crippen LogP contribution in [0.15, 0.2) is 0 Å². The maximum absolute atomic E-state index is 12.8. The molecule has 4 fully saturated rings. The Hall–Kier alpha value is -1.78. The summed E-state index contributed by atoms with van der Waals surface area (Å²) in [6.45, 7) is 6.51. The molecule has 1 amide bonds. The van der Waals surface area contributed by atoms with Crippen LogP contribution in [0.5, 0.6) is 0 Å². The number of aromatic nitrogens is 1. The van der Waals surface area contributed by atoms with Gasteiger partial charge >= 0.3 is 5.97 Å². The van der Waals surface area contributed by atoms with Crippen molar-refractivity contribution < 1.29 is 14.3 Å². The lowest BCUT2D eigenvalue weighted by Gasteiger charge is -2.56. The van der Waals surface area contributed by atoms with Crippen molar-refractivity contribution in [3.63, 3.8) is 0 Å². The molecule has 4 aliphatic carbocycles. The predicted molar refractivity (Wildman–Crippen MR) is 99.2 cm³/mol. The summed E-state index contributed by atoms with van der Waals surface area (Å²) >= 11 is 0. The third-order valence-corrected chi connectivity index (χ3v) is 6.93. The highest BCUT2D eigenvalue weighted by Crippen LogP contribution is 2.59. The Labute approximate surface area is 155 Å². The van der Waals surface area contributed by atoms with Crippen molar-refractivity contribution >= 4 is 11.9 Å². The molecule has 0 aliphatic heterocycles. The van der Waals surface area contributed by atoms with E-state index in [2.05, 4.69) is 10.3 Å². The molecule has 0 unspecified atom stereocenters. The summed E-state index contributed by atoms with van der Waals surface area (Å²) in [5.74, 6) is 2.17. The highest BCUT2D eigenvalue weighted by molar-refractivity contribution is 6.00. The number of rotatable bonds is 5. The molecule has 4 aliphatic rings. The largest absolute Gasteiger partial charge is 0.462 e. The number of aryl methyl sites for hydroxylation is 1. The Morgan fingerprint density at radius 1 is 1.12 bits per heavy atom. The lowest BCUT2D eigenvalue weighted by Crippen LogP contribution is -2.51. The van der Waals surface area contributed by atoms with Crippen molar-refractivity contribution in [3.05, 3.63) is 22.5 Å². The van der Waals surface area contributed by atoms with E-state index >= 15 is 0 Å². The van der Waals surface area contributed by atoms with Crippen LogP contribution < -0.4 is 5.32 Å². The van der Waals surface area contributed by atoms with Gasteiger partial charge in [0.1, 0.15) is 5.69 Å². The molecule has 5 nitrogen and oxygen atoms in total. The molecule has 5 rings (SSSR count). The minimum absolute atomic E-state index is 0.100. The van der Waals surface area contributed by atoms with Crippen LogP contribution in [-0.2, 0) is 4.74 Å². The van der Waals surface area contributed by atoms with Gasteiger partial charge in [-0.05, 0) is 88.0 Å². The second-order valence-electron chi connectivity index (χ2n) is 8.95. The van der Waals surface area contributed by atoms with Gasteiger partial charge in [0.15, 0.2) is 0 Å². The molecule has 0 atom stereocenters. The van der Waals surface area contributed by atoms with Gasteiger partial charge in [0.2, 0.25) is 0 Å². The van der Waals surface area contributed by atoms with Gasteiger partial charge in [-0.25, -0.2) is 4.79 Å². The van der Waals surface area contributed by atoms with E-state index in [4.69, 9.17) is 4.74 Å². The Morgan fingerprint density at radius 2 is 1.69 bits per heavy atom. The lowest BCUT2D eigenvalue weighted by atomic mass is 9.49. The van der Waals surface area contributed by atoms with Crippen molar-refractivity contribution in [2.75, 3.05) is 13.2 Å². The van der Waals surface area contributed by atoms with Gasteiger partial charge in [-0.15, -0.1) is 0 Å². The van der Waals surface area contributed by atoms with Gasteiger partial charge in [-0.2, -0.15) is 0 Å². The zero-order valence-corrected chi connectivity index (χ0v) is 16.1. The van der Waals surface area contributed by atoms with E-state index in [-0.39, 0.29) is 11.9 Å². The Balaban J connectivity index is 1.46. The van der Waals surface area contributed by atoms with Gasteiger partial charge in [0.25, 0.3) is 5.91 Å². The van der Waals surface area contributed by atoms with Crippen molar-refractivity contribution in [1.29, 1.82) is 0 Å². The standard InChI is InChI=1S/C21H30N2O3/c1-4-26-20(25)17-12(2)18(23-13(17)3)19(24)22-11-21-8-14-5-15(9-21)7-16(6-14)10-21/h14-16,23H,4-11H2,1-3H3,(H,22,24). The number of carbonyl (C=O) groups is 2. The maximum Gasteiger partial charge on any atom is 0.340 e. The molecule has 4 saturated carbocycles. The van der Waals surface area contributed by atoms with Crippen molar-refractivity contribution in [2.45, 2.75) is 59.3 Å². The Kier molecular flexibility index (Phi) is 4.36. The maximum atomic E-state index is 12.8. The molecular formula is C21H30N2O3. The Bertz CT molecular complexity index is 699. The van der Waals surface area contributed by atoms with Crippen molar-refractivity contribution in [3.8, 4) is 0 Å². The number of carbonyl (C=O) groups excluding carboxylic acids is 2. The number of H-pyrrole nitrogens is 1. The zero-order chi connectivity index (χ0) is 18.5. The second kappa shape index (κ2) is 6.43. The first kappa shape index (κ1) is 17.6. The minimum Gasteiger partial charge on any atom is -0.462 e. The predicted octanol–water partition coefficient (Wildman–Crippen LogP) is 3.75. The highest BCUT2D eigenvalue weighted by Gasteiger charge is 2.50.